The third-order valence-corrected chi connectivity index (χ3v) is 4.79. The van der Waals surface area contributed by atoms with Gasteiger partial charge in [0.1, 0.15) is 0 Å². The van der Waals surface area contributed by atoms with Crippen molar-refractivity contribution in [1.82, 2.24) is 10.3 Å². The number of anilines is 1. The summed E-state index contributed by atoms with van der Waals surface area (Å²) in [6.07, 6.45) is 9.71. The number of nitrogens with zero attached hydrogens (tertiary/aromatic N) is 1. The molecule has 19 heavy (non-hydrogen) atoms. The van der Waals surface area contributed by atoms with Gasteiger partial charge in [-0.15, -0.1) is 11.3 Å². The molecule has 1 heterocycles. The molecule has 0 radical (unpaired) electrons. The molecule has 4 nitrogen and oxygen atoms in total. The van der Waals surface area contributed by atoms with Gasteiger partial charge in [-0.1, -0.05) is 20.3 Å². The van der Waals surface area contributed by atoms with E-state index in [9.17, 15) is 4.79 Å². The molecule has 1 saturated carbocycles. The number of nitrogens with one attached hydrogen (secondary N) is 2. The highest BCUT2D eigenvalue weighted by Gasteiger charge is 2.34. The Hall–Kier alpha value is -1.54. The molecule has 1 fully saturated rings. The number of hydrogen-bond donors (Lipinski definition) is 2. The molecule has 1 aliphatic carbocycles. The van der Waals surface area contributed by atoms with Crippen LogP contribution in [0.25, 0.3) is 0 Å². The molecule has 2 rings (SSSR count). The fraction of sp³-hybridized carbons (Fsp3) is 0.571. The molecule has 0 aliphatic heterocycles. The van der Waals surface area contributed by atoms with E-state index in [1.54, 1.807) is 11.3 Å². The van der Waals surface area contributed by atoms with E-state index in [4.69, 9.17) is 6.42 Å². The van der Waals surface area contributed by atoms with Crippen LogP contribution < -0.4 is 10.6 Å². The molecule has 0 bridgehead atoms. The zero-order valence-corrected chi connectivity index (χ0v) is 12.1. The molecule has 1 aromatic rings. The van der Waals surface area contributed by atoms with Crippen LogP contribution in [0.2, 0.25) is 0 Å². The second-order valence-corrected chi connectivity index (χ2v) is 6.08. The molecular formula is C14H19N3OS. The molecule has 1 atom stereocenters. The molecule has 5 heteroatoms. The van der Waals surface area contributed by atoms with Gasteiger partial charge >= 0.3 is 0 Å². The van der Waals surface area contributed by atoms with Crippen LogP contribution in [0.1, 0.15) is 43.9 Å². The third-order valence-electron chi connectivity index (χ3n) is 3.65. The van der Waals surface area contributed by atoms with Crippen molar-refractivity contribution in [1.29, 1.82) is 0 Å². The fourth-order valence-corrected chi connectivity index (χ4v) is 3.00. The predicted octanol–water partition coefficient (Wildman–Crippen LogP) is 2.55. The van der Waals surface area contributed by atoms with E-state index < -0.39 is 0 Å². The minimum atomic E-state index is 0.0557. The molecule has 1 aromatic heterocycles. The van der Waals surface area contributed by atoms with E-state index >= 15 is 0 Å². The number of amides is 1. The first-order valence-electron chi connectivity index (χ1n) is 6.61. The lowest BCUT2D eigenvalue weighted by Gasteiger charge is -2.33. The lowest BCUT2D eigenvalue weighted by atomic mass is 9.80. The summed E-state index contributed by atoms with van der Waals surface area (Å²) >= 11 is 1.57. The van der Waals surface area contributed by atoms with Gasteiger partial charge in [0.25, 0.3) is 0 Å². The van der Waals surface area contributed by atoms with Crippen LogP contribution in [0.3, 0.4) is 0 Å². The summed E-state index contributed by atoms with van der Waals surface area (Å²) in [6.45, 7) is 4.32. The predicted molar refractivity (Wildman–Crippen MR) is 77.9 cm³/mol. The summed E-state index contributed by atoms with van der Waals surface area (Å²) in [5, 5.41) is 6.49. The van der Waals surface area contributed by atoms with Gasteiger partial charge in [0, 0.05) is 29.1 Å². The Morgan fingerprint density at radius 2 is 2.42 bits per heavy atom. The van der Waals surface area contributed by atoms with E-state index in [2.05, 4.69) is 35.5 Å². The van der Waals surface area contributed by atoms with Gasteiger partial charge in [-0.2, -0.15) is 0 Å². The van der Waals surface area contributed by atoms with E-state index in [1.165, 1.54) is 4.88 Å². The maximum absolute atomic E-state index is 12.0. The Labute approximate surface area is 118 Å². The molecule has 0 saturated heterocycles. The molecule has 1 aliphatic rings. The Morgan fingerprint density at radius 3 is 3.05 bits per heavy atom. The molecule has 0 spiro atoms. The van der Waals surface area contributed by atoms with E-state index in [1.807, 2.05) is 6.20 Å². The van der Waals surface area contributed by atoms with E-state index in [0.717, 1.165) is 19.3 Å². The highest BCUT2D eigenvalue weighted by Crippen LogP contribution is 2.31. The van der Waals surface area contributed by atoms with Crippen molar-refractivity contribution >= 4 is 22.4 Å². The van der Waals surface area contributed by atoms with Crippen molar-refractivity contribution in [2.75, 3.05) is 5.32 Å². The zero-order valence-electron chi connectivity index (χ0n) is 11.3. The second kappa shape index (κ2) is 6.07. The summed E-state index contributed by atoms with van der Waals surface area (Å²) in [5.74, 6) is 0.609. The number of hydrogen-bond acceptors (Lipinski definition) is 4. The van der Waals surface area contributed by atoms with E-state index in [0.29, 0.717) is 11.0 Å². The van der Waals surface area contributed by atoms with Crippen molar-refractivity contribution in [3.63, 3.8) is 0 Å². The molecule has 1 amide bonds. The van der Waals surface area contributed by atoms with Crippen LogP contribution in [-0.4, -0.2) is 16.9 Å². The first-order valence-corrected chi connectivity index (χ1v) is 7.43. The van der Waals surface area contributed by atoms with Crippen LogP contribution in [0.5, 0.6) is 0 Å². The van der Waals surface area contributed by atoms with Gasteiger partial charge in [-0.25, -0.2) is 4.98 Å². The van der Waals surface area contributed by atoms with Gasteiger partial charge in [-0.05, 0) is 25.2 Å². The summed E-state index contributed by atoms with van der Waals surface area (Å²) in [4.78, 5) is 17.4. The van der Waals surface area contributed by atoms with Gasteiger partial charge in [0.05, 0.1) is 0 Å². The minimum Gasteiger partial charge on any atom is -0.343 e. The van der Waals surface area contributed by atoms with Crippen LogP contribution in [0.4, 0.5) is 5.13 Å². The zero-order chi connectivity index (χ0) is 13.8. The molecule has 102 valence electrons. The average molecular weight is 277 g/mol. The monoisotopic (exact) mass is 277 g/mol. The van der Waals surface area contributed by atoms with Crippen LogP contribution in [0, 0.1) is 18.4 Å². The van der Waals surface area contributed by atoms with Gasteiger partial charge in [-0.3, -0.25) is 4.79 Å². The normalized spacial score (nSPS) is 23.0. The van der Waals surface area contributed by atoms with Crippen molar-refractivity contribution in [2.24, 2.45) is 5.92 Å². The topological polar surface area (TPSA) is 54.0 Å². The Bertz CT molecular complexity index is 485. The number of aromatic nitrogens is 1. The maximum atomic E-state index is 12.0. The minimum absolute atomic E-state index is 0.0557. The molecule has 1 unspecified atom stereocenters. The lowest BCUT2D eigenvalue weighted by molar-refractivity contribution is -0.122. The highest BCUT2D eigenvalue weighted by atomic mass is 32.1. The standard InChI is InChI=1S/C14H19N3OS/c1-4-9(3)12-8-16-14(19-12)17-13(18)10-6-11(7-10)15-5-2/h2,8-11,15H,4,6-7H2,1,3H3,(H,16,17,18). The smallest absolute Gasteiger partial charge is 0.229 e. The van der Waals surface area contributed by atoms with Crippen LogP contribution in [0.15, 0.2) is 6.20 Å². The molecule has 0 aromatic carbocycles. The number of terminal acetylenes is 1. The Balaban J connectivity index is 1.83. The van der Waals surface area contributed by atoms with Crippen molar-refractivity contribution in [3.8, 4) is 12.5 Å². The number of carbonyl (C=O) groups is 1. The number of thiazole rings is 1. The van der Waals surface area contributed by atoms with Crippen molar-refractivity contribution in [2.45, 2.75) is 45.1 Å². The van der Waals surface area contributed by atoms with Crippen LogP contribution >= 0.6 is 11.3 Å². The Morgan fingerprint density at radius 1 is 1.68 bits per heavy atom. The maximum Gasteiger partial charge on any atom is 0.229 e. The Kier molecular flexibility index (Phi) is 4.43. The first-order chi connectivity index (χ1) is 9.13. The van der Waals surface area contributed by atoms with Crippen LogP contribution in [-0.2, 0) is 4.79 Å². The largest absolute Gasteiger partial charge is 0.343 e. The van der Waals surface area contributed by atoms with Crippen molar-refractivity contribution in [3.05, 3.63) is 11.1 Å². The first kappa shape index (κ1) is 13.9. The summed E-state index contributed by atoms with van der Waals surface area (Å²) in [6, 6.07) is 2.69. The summed E-state index contributed by atoms with van der Waals surface area (Å²) < 4.78 is 0. The number of carbonyl (C=O) groups excluding carboxylic acids is 1. The SMILES string of the molecule is C#CNC1CC(C(=O)Nc2ncc(C(C)CC)s2)C1. The highest BCUT2D eigenvalue weighted by molar-refractivity contribution is 7.15. The fourth-order valence-electron chi connectivity index (χ4n) is 2.05. The van der Waals surface area contributed by atoms with E-state index in [-0.39, 0.29) is 17.9 Å². The third kappa shape index (κ3) is 3.27. The number of rotatable bonds is 5. The average Bonchev–Trinajstić information content (AvgIpc) is 2.80. The second-order valence-electron chi connectivity index (χ2n) is 5.02. The van der Waals surface area contributed by atoms with Gasteiger partial charge in [0.15, 0.2) is 5.13 Å². The van der Waals surface area contributed by atoms with Gasteiger partial charge < -0.3 is 10.6 Å². The van der Waals surface area contributed by atoms with Gasteiger partial charge in [0.2, 0.25) is 5.91 Å². The summed E-state index contributed by atoms with van der Waals surface area (Å²) in [7, 11) is 0. The summed E-state index contributed by atoms with van der Waals surface area (Å²) in [5.41, 5.74) is 0. The quantitative estimate of drug-likeness (QED) is 0.642. The lowest BCUT2D eigenvalue weighted by Crippen LogP contribution is -2.44. The molecule has 2 N–H and O–H groups in total. The molecular weight excluding hydrogens is 258 g/mol. The van der Waals surface area contributed by atoms with Crippen molar-refractivity contribution < 1.29 is 4.79 Å².